The van der Waals surface area contributed by atoms with Gasteiger partial charge in [-0.1, -0.05) is 30.3 Å². The molecule has 2 aromatic rings. The first-order valence-electron chi connectivity index (χ1n) is 6.42. The Morgan fingerprint density at radius 3 is 2.63 bits per heavy atom. The number of hydrogen-bond donors (Lipinski definition) is 1. The van der Waals surface area contributed by atoms with Gasteiger partial charge in [0.05, 0.1) is 12.1 Å². The summed E-state index contributed by atoms with van der Waals surface area (Å²) in [5.74, 6) is -0.736. The Morgan fingerprint density at radius 2 is 2.05 bits per heavy atom. The fraction of sp³-hybridized carbons (Fsp3) is 0.333. The first kappa shape index (κ1) is 12.0. The predicted molar refractivity (Wildman–Crippen MR) is 71.8 cm³/mol. The monoisotopic (exact) mass is 256 g/mol. The molecule has 4 heteroatoms. The first-order valence-corrected chi connectivity index (χ1v) is 6.42. The zero-order valence-corrected chi connectivity index (χ0v) is 10.8. The maximum atomic E-state index is 11.0. The van der Waals surface area contributed by atoms with Crippen molar-refractivity contribution in [2.45, 2.75) is 24.7 Å². The summed E-state index contributed by atoms with van der Waals surface area (Å²) in [6.45, 7) is 0. The zero-order valence-electron chi connectivity index (χ0n) is 10.8. The van der Waals surface area contributed by atoms with E-state index in [1.54, 1.807) is 0 Å². The zero-order chi connectivity index (χ0) is 13.5. The van der Waals surface area contributed by atoms with E-state index in [1.165, 1.54) is 0 Å². The molecule has 0 bridgehead atoms. The van der Waals surface area contributed by atoms with Crippen molar-refractivity contribution in [1.82, 2.24) is 9.78 Å². The summed E-state index contributed by atoms with van der Waals surface area (Å²) in [6.07, 6.45) is 2.07. The quantitative estimate of drug-likeness (QED) is 0.914. The van der Waals surface area contributed by atoms with Crippen LogP contribution in [-0.2, 0) is 17.3 Å². The molecule has 0 spiro atoms. The summed E-state index contributed by atoms with van der Waals surface area (Å²) >= 11 is 0. The fourth-order valence-corrected chi connectivity index (χ4v) is 2.68. The van der Waals surface area contributed by atoms with Crippen molar-refractivity contribution >= 4 is 5.97 Å². The van der Waals surface area contributed by atoms with E-state index in [9.17, 15) is 4.79 Å². The molecular weight excluding hydrogens is 240 g/mol. The highest BCUT2D eigenvalue weighted by atomic mass is 16.4. The van der Waals surface area contributed by atoms with E-state index in [0.717, 1.165) is 29.8 Å². The van der Waals surface area contributed by atoms with Crippen LogP contribution in [0.5, 0.6) is 0 Å². The molecular formula is C15H16N2O2. The van der Waals surface area contributed by atoms with E-state index in [4.69, 9.17) is 5.11 Å². The van der Waals surface area contributed by atoms with Gasteiger partial charge in [0.15, 0.2) is 0 Å². The van der Waals surface area contributed by atoms with Gasteiger partial charge >= 0.3 is 5.97 Å². The highest BCUT2D eigenvalue weighted by Gasteiger charge is 2.48. The maximum Gasteiger partial charge on any atom is 0.304 e. The minimum atomic E-state index is -0.736. The van der Waals surface area contributed by atoms with E-state index >= 15 is 0 Å². The Kier molecular flexibility index (Phi) is 2.66. The standard InChI is InChI=1S/C15H16N2O2/c1-17-13(15(7-8-15)10-14(18)19)9-12(16-17)11-5-3-2-4-6-11/h2-6,9H,7-8,10H2,1H3,(H,18,19). The van der Waals surface area contributed by atoms with Crippen LogP contribution in [-0.4, -0.2) is 20.9 Å². The van der Waals surface area contributed by atoms with Gasteiger partial charge in [-0.05, 0) is 18.9 Å². The number of carboxylic acids is 1. The number of hydrogen-bond acceptors (Lipinski definition) is 2. The van der Waals surface area contributed by atoms with Gasteiger partial charge in [0.2, 0.25) is 0 Å². The van der Waals surface area contributed by atoms with Gasteiger partial charge in [0.1, 0.15) is 0 Å². The van der Waals surface area contributed by atoms with Crippen LogP contribution in [0.15, 0.2) is 36.4 Å². The molecule has 1 aromatic carbocycles. The maximum absolute atomic E-state index is 11.0. The van der Waals surface area contributed by atoms with Gasteiger partial charge in [-0.2, -0.15) is 5.10 Å². The smallest absolute Gasteiger partial charge is 0.304 e. The summed E-state index contributed by atoms with van der Waals surface area (Å²) in [4.78, 5) is 11.0. The average Bonchev–Trinajstić information content (AvgIpc) is 3.03. The number of carbonyl (C=O) groups is 1. The van der Waals surface area contributed by atoms with Gasteiger partial charge in [0.25, 0.3) is 0 Å². The van der Waals surface area contributed by atoms with Crippen molar-refractivity contribution < 1.29 is 9.90 Å². The average molecular weight is 256 g/mol. The van der Waals surface area contributed by atoms with Crippen molar-refractivity contribution in [1.29, 1.82) is 0 Å². The number of aliphatic carboxylic acids is 1. The van der Waals surface area contributed by atoms with Crippen LogP contribution >= 0.6 is 0 Å². The summed E-state index contributed by atoms with van der Waals surface area (Å²) < 4.78 is 1.83. The summed E-state index contributed by atoms with van der Waals surface area (Å²) in [6, 6.07) is 12.0. The molecule has 0 amide bonds. The number of aromatic nitrogens is 2. The van der Waals surface area contributed by atoms with Crippen molar-refractivity contribution in [2.75, 3.05) is 0 Å². The van der Waals surface area contributed by atoms with Crippen LogP contribution < -0.4 is 0 Å². The van der Waals surface area contributed by atoms with Gasteiger partial charge in [-0.3, -0.25) is 9.48 Å². The van der Waals surface area contributed by atoms with Crippen LogP contribution in [0, 0.1) is 0 Å². The minimum absolute atomic E-state index is 0.194. The number of carboxylic acid groups (broad SMARTS) is 1. The molecule has 19 heavy (non-hydrogen) atoms. The molecule has 1 heterocycles. The second kappa shape index (κ2) is 4.23. The van der Waals surface area contributed by atoms with Gasteiger partial charge in [-0.15, -0.1) is 0 Å². The van der Waals surface area contributed by atoms with Crippen LogP contribution in [0.3, 0.4) is 0 Å². The third kappa shape index (κ3) is 2.14. The highest BCUT2D eigenvalue weighted by Crippen LogP contribution is 2.51. The minimum Gasteiger partial charge on any atom is -0.481 e. The van der Waals surface area contributed by atoms with Gasteiger partial charge in [0, 0.05) is 23.7 Å². The highest BCUT2D eigenvalue weighted by molar-refractivity contribution is 5.70. The van der Waals surface area contributed by atoms with Crippen LogP contribution in [0.25, 0.3) is 11.3 Å². The molecule has 1 saturated carbocycles. The third-order valence-corrected chi connectivity index (χ3v) is 3.84. The summed E-state index contributed by atoms with van der Waals surface area (Å²) in [5, 5.41) is 13.6. The number of nitrogens with zero attached hydrogens (tertiary/aromatic N) is 2. The molecule has 3 rings (SSSR count). The van der Waals surface area contributed by atoms with Crippen molar-refractivity contribution in [3.8, 4) is 11.3 Å². The Hall–Kier alpha value is -2.10. The second-order valence-electron chi connectivity index (χ2n) is 5.26. The van der Waals surface area contributed by atoms with Crippen LogP contribution in [0.1, 0.15) is 25.0 Å². The molecule has 0 saturated heterocycles. The number of rotatable bonds is 4. The number of aryl methyl sites for hydroxylation is 1. The lowest BCUT2D eigenvalue weighted by molar-refractivity contribution is -0.137. The molecule has 0 atom stereocenters. The SMILES string of the molecule is Cn1nc(-c2ccccc2)cc1C1(CC(=O)O)CC1. The Morgan fingerprint density at radius 1 is 1.37 bits per heavy atom. The molecule has 0 radical (unpaired) electrons. The molecule has 1 N–H and O–H groups in total. The molecule has 0 aliphatic heterocycles. The topological polar surface area (TPSA) is 55.1 Å². The molecule has 1 aliphatic carbocycles. The number of benzene rings is 1. The van der Waals surface area contributed by atoms with E-state index in [1.807, 2.05) is 48.1 Å². The van der Waals surface area contributed by atoms with E-state index < -0.39 is 5.97 Å². The Balaban J connectivity index is 1.97. The molecule has 1 fully saturated rings. The predicted octanol–water partition coefficient (Wildman–Crippen LogP) is 2.59. The molecule has 98 valence electrons. The van der Waals surface area contributed by atoms with Crippen molar-refractivity contribution in [3.05, 3.63) is 42.1 Å². The van der Waals surface area contributed by atoms with E-state index in [2.05, 4.69) is 5.10 Å². The van der Waals surface area contributed by atoms with Crippen molar-refractivity contribution in [2.24, 2.45) is 7.05 Å². The normalized spacial score (nSPS) is 16.3. The van der Waals surface area contributed by atoms with Crippen molar-refractivity contribution in [3.63, 3.8) is 0 Å². The molecule has 1 aliphatic rings. The van der Waals surface area contributed by atoms with Gasteiger partial charge < -0.3 is 5.11 Å². The van der Waals surface area contributed by atoms with Gasteiger partial charge in [-0.25, -0.2) is 0 Å². The molecule has 4 nitrogen and oxygen atoms in total. The van der Waals surface area contributed by atoms with Crippen LogP contribution in [0.4, 0.5) is 0 Å². The first-order chi connectivity index (χ1) is 9.11. The summed E-state index contributed by atoms with van der Waals surface area (Å²) in [7, 11) is 1.89. The Bertz CT molecular complexity index is 612. The summed E-state index contributed by atoms with van der Waals surface area (Å²) in [5.41, 5.74) is 2.82. The molecule has 0 unspecified atom stereocenters. The van der Waals surface area contributed by atoms with E-state index in [-0.39, 0.29) is 11.8 Å². The fourth-order valence-electron chi connectivity index (χ4n) is 2.68. The lowest BCUT2D eigenvalue weighted by Gasteiger charge is -2.12. The Labute approximate surface area is 111 Å². The third-order valence-electron chi connectivity index (χ3n) is 3.84. The van der Waals surface area contributed by atoms with E-state index in [0.29, 0.717) is 0 Å². The lowest BCUT2D eigenvalue weighted by Crippen LogP contribution is -2.16. The second-order valence-corrected chi connectivity index (χ2v) is 5.26. The lowest BCUT2D eigenvalue weighted by atomic mass is 9.97. The van der Waals surface area contributed by atoms with Crippen LogP contribution in [0.2, 0.25) is 0 Å². The largest absolute Gasteiger partial charge is 0.481 e. The molecule has 1 aromatic heterocycles.